The fourth-order valence-electron chi connectivity index (χ4n) is 3.92. The van der Waals surface area contributed by atoms with Gasteiger partial charge in [0.25, 0.3) is 5.91 Å². The molecule has 3 aromatic rings. The summed E-state index contributed by atoms with van der Waals surface area (Å²) in [6.45, 7) is 1.52. The molecule has 0 bridgehead atoms. The van der Waals surface area contributed by atoms with Gasteiger partial charge >= 0.3 is 12.1 Å². The highest BCUT2D eigenvalue weighted by molar-refractivity contribution is 8.26. The van der Waals surface area contributed by atoms with E-state index in [1.165, 1.54) is 42.5 Å². The van der Waals surface area contributed by atoms with Crippen LogP contribution in [0.2, 0.25) is 0 Å². The Bertz CT molecular complexity index is 1410. The number of carbonyl (C=O) groups excluding carboxylic acids is 1. The smallest absolute Gasteiger partial charge is 0.429 e. The van der Waals surface area contributed by atoms with Gasteiger partial charge in [0.1, 0.15) is 10.9 Å². The Kier molecular flexibility index (Phi) is 9.16. The van der Waals surface area contributed by atoms with Crippen molar-refractivity contribution in [2.45, 2.75) is 25.1 Å². The first kappa shape index (κ1) is 29.2. The number of hydrogen-bond donors (Lipinski definition) is 1. The third-order valence-corrected chi connectivity index (χ3v) is 7.31. The van der Waals surface area contributed by atoms with Crippen molar-refractivity contribution < 1.29 is 37.3 Å². The van der Waals surface area contributed by atoms with Gasteiger partial charge in [-0.25, -0.2) is 0 Å². The second-order valence-electron chi connectivity index (χ2n) is 8.94. The van der Waals surface area contributed by atoms with Crippen LogP contribution < -0.4 is 9.47 Å². The van der Waals surface area contributed by atoms with Crippen molar-refractivity contribution in [1.82, 2.24) is 4.90 Å². The molecular weight excluding hydrogens is 563 g/mol. The molecule has 0 radical (unpaired) electrons. The maximum absolute atomic E-state index is 14.1. The van der Waals surface area contributed by atoms with E-state index in [1.807, 2.05) is 37.3 Å². The zero-order valence-electron chi connectivity index (χ0n) is 21.1. The number of carboxylic acids is 1. The Morgan fingerprint density at radius 1 is 1.02 bits per heavy atom. The second kappa shape index (κ2) is 12.6. The summed E-state index contributed by atoms with van der Waals surface area (Å²) in [6.07, 6.45) is -5.58. The number of hydrogen-bond acceptors (Lipinski definition) is 6. The van der Waals surface area contributed by atoms with Crippen LogP contribution in [0.3, 0.4) is 0 Å². The molecule has 40 heavy (non-hydrogen) atoms. The molecule has 1 fully saturated rings. The summed E-state index contributed by atoms with van der Waals surface area (Å²) in [5.74, 6) is -1.95. The molecule has 0 saturated carbocycles. The number of ether oxygens (including phenoxy) is 2. The third-order valence-electron chi connectivity index (χ3n) is 5.93. The monoisotopic (exact) mass is 587 g/mol. The van der Waals surface area contributed by atoms with Crippen molar-refractivity contribution in [3.63, 3.8) is 0 Å². The van der Waals surface area contributed by atoms with Crippen LogP contribution >= 0.6 is 24.0 Å². The molecule has 0 aliphatic carbocycles. The Labute approximate surface area is 238 Å². The number of thioether (sulfide) groups is 1. The minimum atomic E-state index is -4.73. The number of nitrogens with zero attached hydrogens (tertiary/aromatic N) is 1. The third kappa shape index (κ3) is 7.22. The lowest BCUT2D eigenvalue weighted by atomic mass is 10.0. The Balaban J connectivity index is 1.67. The van der Waals surface area contributed by atoms with Gasteiger partial charge in [0.05, 0.1) is 11.5 Å². The number of alkyl halides is 3. The SMILES string of the molecule is CC(COc1ccc(/C=C2\SC(=S)N(CC(=O)O)C2=O)cc1OC(c1ccccc1)C(F)(F)F)c1ccccc1. The van der Waals surface area contributed by atoms with Gasteiger partial charge in [-0.15, -0.1) is 0 Å². The summed E-state index contributed by atoms with van der Waals surface area (Å²) in [5, 5.41) is 9.05. The van der Waals surface area contributed by atoms with Crippen molar-refractivity contribution in [2.24, 2.45) is 0 Å². The first-order chi connectivity index (χ1) is 19.0. The van der Waals surface area contributed by atoms with Crippen LogP contribution in [0.25, 0.3) is 6.08 Å². The number of rotatable bonds is 10. The number of aliphatic carboxylic acids is 1. The summed E-state index contributed by atoms with van der Waals surface area (Å²) in [5.41, 5.74) is 1.27. The average molecular weight is 588 g/mol. The van der Waals surface area contributed by atoms with E-state index < -0.39 is 30.7 Å². The van der Waals surface area contributed by atoms with Crippen LogP contribution in [-0.4, -0.2) is 45.5 Å². The van der Waals surface area contributed by atoms with Gasteiger partial charge < -0.3 is 14.6 Å². The number of carboxylic acid groups (broad SMARTS) is 1. The first-order valence-electron chi connectivity index (χ1n) is 12.1. The lowest BCUT2D eigenvalue weighted by Gasteiger charge is -2.24. The highest BCUT2D eigenvalue weighted by Gasteiger charge is 2.43. The standard InChI is InChI=1S/C29H24F3NO5S2/c1-18(20-8-4-2-5-9-20)17-37-22-13-12-19(15-24-27(36)33(16-25(34)35)28(39)40-24)14-23(22)38-26(29(30,31)32)21-10-6-3-7-11-21/h2-15,18,26H,16-17H2,1H3,(H,34,35)/b24-15-. The topological polar surface area (TPSA) is 76.1 Å². The zero-order chi connectivity index (χ0) is 28.9. The first-order valence-corrected chi connectivity index (χ1v) is 13.3. The van der Waals surface area contributed by atoms with E-state index in [-0.39, 0.29) is 38.8 Å². The van der Waals surface area contributed by atoms with E-state index in [0.717, 1.165) is 22.2 Å². The van der Waals surface area contributed by atoms with Gasteiger partial charge in [-0.3, -0.25) is 14.5 Å². The molecule has 1 amide bonds. The summed E-state index contributed by atoms with van der Waals surface area (Å²) in [6, 6.07) is 21.2. The van der Waals surface area contributed by atoms with Gasteiger partial charge in [0.2, 0.25) is 6.10 Å². The highest BCUT2D eigenvalue weighted by Crippen LogP contribution is 2.41. The molecule has 4 rings (SSSR count). The highest BCUT2D eigenvalue weighted by atomic mass is 32.2. The Morgan fingerprint density at radius 3 is 2.25 bits per heavy atom. The van der Waals surface area contributed by atoms with Crippen molar-refractivity contribution in [2.75, 3.05) is 13.2 Å². The van der Waals surface area contributed by atoms with Gasteiger partial charge in [-0.2, -0.15) is 13.2 Å². The minimum absolute atomic E-state index is 0.0582. The molecule has 0 aromatic heterocycles. The van der Waals surface area contributed by atoms with Crippen LogP contribution in [0.5, 0.6) is 11.5 Å². The van der Waals surface area contributed by atoms with Crippen molar-refractivity contribution in [1.29, 1.82) is 0 Å². The van der Waals surface area contributed by atoms with Crippen LogP contribution in [0.4, 0.5) is 13.2 Å². The number of benzene rings is 3. The van der Waals surface area contributed by atoms with Gasteiger partial charge in [-0.1, -0.05) is 97.6 Å². The number of halogens is 3. The summed E-state index contributed by atoms with van der Waals surface area (Å²) >= 11 is 6.03. The van der Waals surface area contributed by atoms with E-state index in [2.05, 4.69) is 0 Å². The predicted octanol–water partition coefficient (Wildman–Crippen LogP) is 6.84. The van der Waals surface area contributed by atoms with E-state index in [9.17, 15) is 22.8 Å². The molecule has 208 valence electrons. The van der Waals surface area contributed by atoms with Crippen LogP contribution in [0, 0.1) is 0 Å². The fourth-order valence-corrected chi connectivity index (χ4v) is 5.18. The van der Waals surface area contributed by atoms with E-state index >= 15 is 0 Å². The average Bonchev–Trinajstić information content (AvgIpc) is 3.18. The molecule has 1 aliphatic heterocycles. The molecule has 6 nitrogen and oxygen atoms in total. The van der Waals surface area contributed by atoms with Crippen molar-refractivity contribution in [3.8, 4) is 11.5 Å². The molecule has 1 heterocycles. The molecule has 1 N–H and O–H groups in total. The molecular formula is C29H24F3NO5S2. The van der Waals surface area contributed by atoms with Gasteiger partial charge in [0.15, 0.2) is 11.5 Å². The number of amides is 1. The molecule has 3 aromatic carbocycles. The Morgan fingerprint density at radius 2 is 1.65 bits per heavy atom. The zero-order valence-corrected chi connectivity index (χ0v) is 22.8. The fraction of sp³-hybridized carbons (Fsp3) is 0.207. The lowest BCUT2D eigenvalue weighted by molar-refractivity contribution is -0.198. The minimum Gasteiger partial charge on any atom is -0.489 e. The van der Waals surface area contributed by atoms with Crippen LogP contribution in [-0.2, 0) is 9.59 Å². The molecule has 0 spiro atoms. The summed E-state index contributed by atoms with van der Waals surface area (Å²) in [7, 11) is 0. The van der Waals surface area contributed by atoms with Crippen molar-refractivity contribution in [3.05, 3.63) is 100 Å². The van der Waals surface area contributed by atoms with Gasteiger partial charge in [-0.05, 0) is 29.3 Å². The lowest BCUT2D eigenvalue weighted by Crippen LogP contribution is -2.33. The summed E-state index contributed by atoms with van der Waals surface area (Å²) < 4.78 is 54.0. The molecule has 2 unspecified atom stereocenters. The largest absolute Gasteiger partial charge is 0.489 e. The molecule has 1 saturated heterocycles. The molecule has 11 heteroatoms. The summed E-state index contributed by atoms with van der Waals surface area (Å²) in [4.78, 5) is 24.9. The van der Waals surface area contributed by atoms with Crippen molar-refractivity contribution >= 4 is 46.3 Å². The number of thiocarbonyl (C=S) groups is 1. The number of carbonyl (C=O) groups is 2. The predicted molar refractivity (Wildman–Crippen MR) is 150 cm³/mol. The van der Waals surface area contributed by atoms with Crippen LogP contribution in [0.15, 0.2) is 83.8 Å². The van der Waals surface area contributed by atoms with Gasteiger partial charge in [0, 0.05) is 11.5 Å². The quantitative estimate of drug-likeness (QED) is 0.206. The normalized spacial score (nSPS) is 16.2. The maximum Gasteiger partial charge on any atom is 0.429 e. The van der Waals surface area contributed by atoms with E-state index in [1.54, 1.807) is 12.1 Å². The molecule has 2 atom stereocenters. The van der Waals surface area contributed by atoms with E-state index in [0.29, 0.717) is 5.56 Å². The van der Waals surface area contributed by atoms with Crippen LogP contribution in [0.1, 0.15) is 35.6 Å². The molecule has 1 aliphatic rings. The Hall–Kier alpha value is -3.83. The second-order valence-corrected chi connectivity index (χ2v) is 10.6. The maximum atomic E-state index is 14.1. The van der Waals surface area contributed by atoms with E-state index in [4.69, 9.17) is 26.8 Å².